The molecular weight excluding hydrogens is 356 g/mol. The molecule has 156 valence electrons. The zero-order valence-electron chi connectivity index (χ0n) is 17.3. The fraction of sp³-hybridized carbons (Fsp3) is 0.682. The number of hydrogen-bond acceptors (Lipinski definition) is 5. The van der Waals surface area contributed by atoms with Crippen molar-refractivity contribution in [3.63, 3.8) is 0 Å². The Morgan fingerprint density at radius 3 is 2.57 bits per heavy atom. The number of carbonyl (C=O) groups excluding carboxylic acids is 1. The molecule has 0 bridgehead atoms. The summed E-state index contributed by atoms with van der Waals surface area (Å²) in [5.41, 5.74) is 1.10. The molecule has 1 saturated carbocycles. The highest BCUT2D eigenvalue weighted by Crippen LogP contribution is 2.34. The summed E-state index contributed by atoms with van der Waals surface area (Å²) >= 11 is 0. The van der Waals surface area contributed by atoms with E-state index in [9.17, 15) is 4.79 Å². The number of morpholine rings is 1. The Balaban J connectivity index is 1.56. The van der Waals surface area contributed by atoms with Gasteiger partial charge in [-0.3, -0.25) is 9.69 Å². The number of rotatable bonds is 8. The lowest BCUT2D eigenvalue weighted by Crippen LogP contribution is -2.59. The van der Waals surface area contributed by atoms with Gasteiger partial charge in [0.15, 0.2) is 0 Å². The summed E-state index contributed by atoms with van der Waals surface area (Å²) in [5, 5.41) is 3.23. The van der Waals surface area contributed by atoms with E-state index in [0.717, 1.165) is 62.8 Å². The smallest absolute Gasteiger partial charge is 0.220 e. The van der Waals surface area contributed by atoms with Crippen LogP contribution in [0.5, 0.6) is 11.5 Å². The van der Waals surface area contributed by atoms with Crippen LogP contribution in [0.15, 0.2) is 18.2 Å². The van der Waals surface area contributed by atoms with Crippen molar-refractivity contribution < 1.29 is 19.0 Å². The minimum absolute atomic E-state index is 0.100. The normalized spacial score (nSPS) is 19.8. The van der Waals surface area contributed by atoms with Gasteiger partial charge in [0.05, 0.1) is 27.4 Å². The average Bonchev–Trinajstić information content (AvgIpc) is 2.77. The molecule has 0 unspecified atom stereocenters. The van der Waals surface area contributed by atoms with Gasteiger partial charge in [-0.15, -0.1) is 0 Å². The molecule has 1 aliphatic heterocycles. The Hall–Kier alpha value is -1.79. The highest BCUT2D eigenvalue weighted by molar-refractivity contribution is 5.76. The molecule has 1 saturated heterocycles. The van der Waals surface area contributed by atoms with Crippen LogP contribution in [-0.4, -0.2) is 63.4 Å². The van der Waals surface area contributed by atoms with Crippen molar-refractivity contribution in [3.05, 3.63) is 23.8 Å². The Bertz CT molecular complexity index is 637. The van der Waals surface area contributed by atoms with E-state index < -0.39 is 0 Å². The molecule has 0 radical (unpaired) electrons. The van der Waals surface area contributed by atoms with Crippen molar-refractivity contribution in [3.8, 4) is 11.5 Å². The predicted octanol–water partition coefficient (Wildman–Crippen LogP) is 2.79. The number of carbonyl (C=O) groups is 1. The average molecular weight is 391 g/mol. The summed E-state index contributed by atoms with van der Waals surface area (Å²) in [6.07, 6.45) is 7.20. The van der Waals surface area contributed by atoms with Gasteiger partial charge in [0, 0.05) is 31.6 Å². The molecule has 6 heteroatoms. The van der Waals surface area contributed by atoms with E-state index in [1.807, 2.05) is 18.2 Å². The minimum Gasteiger partial charge on any atom is -0.497 e. The van der Waals surface area contributed by atoms with Crippen molar-refractivity contribution in [2.45, 2.75) is 50.5 Å². The topological polar surface area (TPSA) is 60.0 Å². The summed E-state index contributed by atoms with van der Waals surface area (Å²) in [4.78, 5) is 15.2. The third-order valence-electron chi connectivity index (χ3n) is 6.19. The molecule has 1 N–H and O–H groups in total. The standard InChI is InChI=1S/C22H34N2O4/c1-26-19-7-8-20(27-2)18(16-19)6-9-21(25)23-17-22(10-4-3-5-11-22)24-12-14-28-15-13-24/h7-8,16H,3-6,9-15,17H2,1-2H3,(H,23,25). The van der Waals surface area contributed by atoms with Crippen molar-refractivity contribution in [1.29, 1.82) is 0 Å². The Kier molecular flexibility index (Phi) is 7.57. The molecule has 0 aromatic heterocycles. The largest absolute Gasteiger partial charge is 0.497 e. The lowest BCUT2D eigenvalue weighted by molar-refractivity contribution is -0.122. The third kappa shape index (κ3) is 5.17. The molecule has 3 rings (SSSR count). The second kappa shape index (κ2) is 10.1. The van der Waals surface area contributed by atoms with Crippen LogP contribution in [0, 0.1) is 0 Å². The number of hydrogen-bond donors (Lipinski definition) is 1. The van der Waals surface area contributed by atoms with Crippen LogP contribution < -0.4 is 14.8 Å². The molecule has 28 heavy (non-hydrogen) atoms. The van der Waals surface area contributed by atoms with Gasteiger partial charge in [0.25, 0.3) is 0 Å². The van der Waals surface area contributed by atoms with E-state index in [1.165, 1.54) is 19.3 Å². The number of amides is 1. The number of benzene rings is 1. The van der Waals surface area contributed by atoms with Gasteiger partial charge in [-0.05, 0) is 43.0 Å². The first-order chi connectivity index (χ1) is 13.7. The van der Waals surface area contributed by atoms with Crippen molar-refractivity contribution in [1.82, 2.24) is 10.2 Å². The monoisotopic (exact) mass is 390 g/mol. The molecule has 6 nitrogen and oxygen atoms in total. The lowest BCUT2D eigenvalue weighted by Gasteiger charge is -2.48. The SMILES string of the molecule is COc1ccc(OC)c(CCC(=O)NCC2(N3CCOCC3)CCCCC2)c1. The first-order valence-corrected chi connectivity index (χ1v) is 10.5. The zero-order chi connectivity index (χ0) is 19.8. The summed E-state index contributed by atoms with van der Waals surface area (Å²) in [5.74, 6) is 1.68. The summed E-state index contributed by atoms with van der Waals surface area (Å²) < 4.78 is 16.3. The zero-order valence-corrected chi connectivity index (χ0v) is 17.3. The van der Waals surface area contributed by atoms with Crippen LogP contribution in [0.25, 0.3) is 0 Å². The van der Waals surface area contributed by atoms with Crippen LogP contribution in [0.1, 0.15) is 44.1 Å². The van der Waals surface area contributed by atoms with Gasteiger partial charge in [0.2, 0.25) is 5.91 Å². The van der Waals surface area contributed by atoms with Crippen LogP contribution in [0.4, 0.5) is 0 Å². The number of aryl methyl sites for hydroxylation is 1. The van der Waals surface area contributed by atoms with E-state index in [1.54, 1.807) is 14.2 Å². The maximum absolute atomic E-state index is 12.6. The summed E-state index contributed by atoms with van der Waals surface area (Å²) in [6, 6.07) is 5.71. The van der Waals surface area contributed by atoms with Crippen molar-refractivity contribution in [2.75, 3.05) is 47.1 Å². The van der Waals surface area contributed by atoms with Gasteiger partial charge in [0.1, 0.15) is 11.5 Å². The fourth-order valence-corrected chi connectivity index (χ4v) is 4.53. The van der Waals surface area contributed by atoms with Crippen molar-refractivity contribution >= 4 is 5.91 Å². The number of nitrogens with one attached hydrogen (secondary N) is 1. The van der Waals surface area contributed by atoms with Gasteiger partial charge in [-0.1, -0.05) is 19.3 Å². The molecule has 1 heterocycles. The predicted molar refractivity (Wildman–Crippen MR) is 109 cm³/mol. The Labute approximate surface area is 168 Å². The molecule has 1 aliphatic carbocycles. The quantitative estimate of drug-likeness (QED) is 0.740. The van der Waals surface area contributed by atoms with E-state index in [2.05, 4.69) is 10.2 Å². The van der Waals surface area contributed by atoms with Gasteiger partial charge in [-0.2, -0.15) is 0 Å². The molecular formula is C22H34N2O4. The first-order valence-electron chi connectivity index (χ1n) is 10.5. The van der Waals surface area contributed by atoms with Crippen LogP contribution in [0.2, 0.25) is 0 Å². The Morgan fingerprint density at radius 2 is 1.89 bits per heavy atom. The minimum atomic E-state index is 0.100. The van der Waals surface area contributed by atoms with Gasteiger partial charge in [-0.25, -0.2) is 0 Å². The molecule has 1 aromatic carbocycles. The molecule has 1 amide bonds. The molecule has 2 aliphatic rings. The van der Waals surface area contributed by atoms with Crippen LogP contribution >= 0.6 is 0 Å². The number of ether oxygens (including phenoxy) is 3. The van der Waals surface area contributed by atoms with E-state index >= 15 is 0 Å². The summed E-state index contributed by atoms with van der Waals surface area (Å²) in [6.45, 7) is 4.27. The van der Waals surface area contributed by atoms with E-state index in [4.69, 9.17) is 14.2 Å². The molecule has 0 atom stereocenters. The van der Waals surface area contributed by atoms with Gasteiger partial charge < -0.3 is 19.5 Å². The fourth-order valence-electron chi connectivity index (χ4n) is 4.53. The third-order valence-corrected chi connectivity index (χ3v) is 6.19. The number of nitrogens with zero attached hydrogens (tertiary/aromatic N) is 1. The van der Waals surface area contributed by atoms with Gasteiger partial charge >= 0.3 is 0 Å². The second-order valence-corrected chi connectivity index (χ2v) is 7.84. The van der Waals surface area contributed by atoms with Crippen molar-refractivity contribution in [2.24, 2.45) is 0 Å². The van der Waals surface area contributed by atoms with E-state index in [-0.39, 0.29) is 11.4 Å². The first kappa shape index (κ1) is 20.9. The lowest BCUT2D eigenvalue weighted by atomic mass is 9.79. The van der Waals surface area contributed by atoms with Crippen LogP contribution in [0.3, 0.4) is 0 Å². The summed E-state index contributed by atoms with van der Waals surface area (Å²) in [7, 11) is 3.30. The number of methoxy groups -OCH3 is 2. The highest BCUT2D eigenvalue weighted by atomic mass is 16.5. The highest BCUT2D eigenvalue weighted by Gasteiger charge is 2.38. The maximum atomic E-state index is 12.6. The van der Waals surface area contributed by atoms with Crippen LogP contribution in [-0.2, 0) is 16.0 Å². The Morgan fingerprint density at radius 1 is 1.14 bits per heavy atom. The van der Waals surface area contributed by atoms with E-state index in [0.29, 0.717) is 12.8 Å². The molecule has 2 fully saturated rings. The molecule has 1 aromatic rings. The maximum Gasteiger partial charge on any atom is 0.220 e. The molecule has 0 spiro atoms. The second-order valence-electron chi connectivity index (χ2n) is 7.84.